The zero-order valence-electron chi connectivity index (χ0n) is 12.5. The van der Waals surface area contributed by atoms with Gasteiger partial charge in [-0.25, -0.2) is 4.98 Å². The summed E-state index contributed by atoms with van der Waals surface area (Å²) < 4.78 is 0. The van der Waals surface area contributed by atoms with E-state index in [9.17, 15) is 10.1 Å². The first-order chi connectivity index (χ1) is 11.1. The molecule has 0 unspecified atom stereocenters. The molecule has 0 amide bonds. The van der Waals surface area contributed by atoms with Crippen molar-refractivity contribution in [3.05, 3.63) is 49.9 Å². The molecule has 0 bridgehead atoms. The Bertz CT molecular complexity index is 680. The van der Waals surface area contributed by atoms with Crippen molar-refractivity contribution in [2.75, 3.05) is 31.1 Å². The maximum Gasteiger partial charge on any atom is 0.294 e. The van der Waals surface area contributed by atoms with Crippen LogP contribution < -0.4 is 4.90 Å². The van der Waals surface area contributed by atoms with E-state index in [2.05, 4.69) is 20.2 Å². The first-order valence-corrected chi connectivity index (χ1v) is 8.74. The van der Waals surface area contributed by atoms with Gasteiger partial charge in [0, 0.05) is 49.2 Å². The summed E-state index contributed by atoms with van der Waals surface area (Å²) in [4.78, 5) is 19.7. The van der Waals surface area contributed by atoms with Crippen LogP contribution in [0.3, 0.4) is 0 Å². The Morgan fingerprint density at radius 3 is 2.91 bits per heavy atom. The van der Waals surface area contributed by atoms with Crippen molar-refractivity contribution in [2.45, 2.75) is 13.0 Å². The summed E-state index contributed by atoms with van der Waals surface area (Å²) in [7, 11) is 0. The molecular weight excluding hydrogens is 336 g/mol. The predicted octanol–water partition coefficient (Wildman–Crippen LogP) is 3.42. The molecule has 0 radical (unpaired) electrons. The Balaban J connectivity index is 1.72. The number of benzene rings is 1. The third kappa shape index (κ3) is 3.99. The SMILES string of the molecule is O=[N+]([O-])c1cc(Cl)ccc1N1CCCN(Cc2cscn2)CC1. The predicted molar refractivity (Wildman–Crippen MR) is 92.3 cm³/mol. The van der Waals surface area contributed by atoms with E-state index < -0.39 is 0 Å². The molecule has 8 heteroatoms. The summed E-state index contributed by atoms with van der Waals surface area (Å²) in [5, 5.41) is 13.7. The molecule has 6 nitrogen and oxygen atoms in total. The van der Waals surface area contributed by atoms with Crippen molar-refractivity contribution in [1.82, 2.24) is 9.88 Å². The van der Waals surface area contributed by atoms with Crippen LogP contribution in [-0.2, 0) is 6.54 Å². The average Bonchev–Trinajstić information content (AvgIpc) is 2.92. The number of rotatable bonds is 4. The largest absolute Gasteiger partial charge is 0.365 e. The van der Waals surface area contributed by atoms with Crippen LogP contribution in [0.15, 0.2) is 29.1 Å². The lowest BCUT2D eigenvalue weighted by Crippen LogP contribution is -2.30. The van der Waals surface area contributed by atoms with Crippen molar-refractivity contribution in [2.24, 2.45) is 0 Å². The smallest absolute Gasteiger partial charge is 0.294 e. The van der Waals surface area contributed by atoms with Crippen molar-refractivity contribution in [1.29, 1.82) is 0 Å². The highest BCUT2D eigenvalue weighted by Gasteiger charge is 2.22. The second kappa shape index (κ2) is 7.25. The fourth-order valence-electron chi connectivity index (χ4n) is 2.82. The number of anilines is 1. The Morgan fingerprint density at radius 1 is 1.30 bits per heavy atom. The molecule has 1 saturated heterocycles. The van der Waals surface area contributed by atoms with Gasteiger partial charge in [0.2, 0.25) is 0 Å². The van der Waals surface area contributed by atoms with E-state index in [0.717, 1.165) is 44.8 Å². The number of halogens is 1. The fraction of sp³-hybridized carbons (Fsp3) is 0.400. The molecule has 1 aliphatic rings. The lowest BCUT2D eigenvalue weighted by Gasteiger charge is -2.23. The molecule has 1 aromatic heterocycles. The minimum atomic E-state index is -0.362. The summed E-state index contributed by atoms with van der Waals surface area (Å²) in [6.45, 7) is 4.22. The van der Waals surface area contributed by atoms with Crippen molar-refractivity contribution < 1.29 is 4.92 Å². The molecule has 1 aromatic carbocycles. The number of nitro groups is 1. The molecule has 0 atom stereocenters. The molecule has 1 aliphatic heterocycles. The number of aromatic nitrogens is 1. The van der Waals surface area contributed by atoms with Crippen LogP contribution in [0.5, 0.6) is 0 Å². The van der Waals surface area contributed by atoms with E-state index in [1.165, 1.54) is 6.07 Å². The van der Waals surface area contributed by atoms with Crippen molar-refractivity contribution >= 4 is 34.3 Å². The Hall–Kier alpha value is -1.70. The van der Waals surface area contributed by atoms with E-state index >= 15 is 0 Å². The standard InChI is InChI=1S/C15H17ClN4O2S/c16-12-2-3-14(15(8-12)20(21)22)19-5-1-4-18(6-7-19)9-13-10-23-11-17-13/h2-3,8,10-11H,1,4-7,9H2. The topological polar surface area (TPSA) is 62.5 Å². The Kier molecular flexibility index (Phi) is 5.09. The van der Waals surface area contributed by atoms with Gasteiger partial charge in [-0.05, 0) is 18.6 Å². The molecule has 0 aliphatic carbocycles. The van der Waals surface area contributed by atoms with E-state index in [0.29, 0.717) is 10.7 Å². The molecule has 0 N–H and O–H groups in total. The number of thiazole rings is 1. The Labute approximate surface area is 143 Å². The summed E-state index contributed by atoms with van der Waals surface area (Å²) in [6.07, 6.45) is 0.962. The fourth-order valence-corrected chi connectivity index (χ4v) is 3.54. The maximum atomic E-state index is 11.3. The lowest BCUT2D eigenvalue weighted by molar-refractivity contribution is -0.384. The average molecular weight is 353 g/mol. The summed E-state index contributed by atoms with van der Waals surface area (Å²) in [5.74, 6) is 0. The van der Waals surface area contributed by atoms with Gasteiger partial charge < -0.3 is 4.90 Å². The highest BCUT2D eigenvalue weighted by molar-refractivity contribution is 7.07. The van der Waals surface area contributed by atoms with E-state index in [1.807, 2.05) is 5.51 Å². The lowest BCUT2D eigenvalue weighted by atomic mass is 10.2. The van der Waals surface area contributed by atoms with E-state index in [1.54, 1.807) is 23.5 Å². The van der Waals surface area contributed by atoms with Crippen LogP contribution in [0.1, 0.15) is 12.1 Å². The van der Waals surface area contributed by atoms with Crippen LogP contribution in [0.4, 0.5) is 11.4 Å². The second-order valence-corrected chi connectivity index (χ2v) is 6.64. The second-order valence-electron chi connectivity index (χ2n) is 5.49. The summed E-state index contributed by atoms with van der Waals surface area (Å²) >= 11 is 7.50. The van der Waals surface area contributed by atoms with Gasteiger partial charge in [0.1, 0.15) is 5.69 Å². The van der Waals surface area contributed by atoms with Crippen molar-refractivity contribution in [3.8, 4) is 0 Å². The summed E-state index contributed by atoms with van der Waals surface area (Å²) in [6, 6.07) is 4.88. The zero-order valence-corrected chi connectivity index (χ0v) is 14.1. The number of nitrogens with zero attached hydrogens (tertiary/aromatic N) is 4. The third-order valence-electron chi connectivity index (χ3n) is 3.93. The van der Waals surface area contributed by atoms with Gasteiger partial charge in [-0.2, -0.15) is 0 Å². The van der Waals surface area contributed by atoms with Crippen LogP contribution in [0, 0.1) is 10.1 Å². The van der Waals surface area contributed by atoms with Gasteiger partial charge in [0.25, 0.3) is 5.69 Å². The van der Waals surface area contributed by atoms with Gasteiger partial charge in [-0.3, -0.25) is 15.0 Å². The highest BCUT2D eigenvalue weighted by atomic mass is 35.5. The quantitative estimate of drug-likeness (QED) is 0.623. The first-order valence-electron chi connectivity index (χ1n) is 7.42. The van der Waals surface area contributed by atoms with E-state index in [-0.39, 0.29) is 10.6 Å². The molecule has 122 valence electrons. The third-order valence-corrected chi connectivity index (χ3v) is 4.80. The highest BCUT2D eigenvalue weighted by Crippen LogP contribution is 2.31. The van der Waals surface area contributed by atoms with Crippen LogP contribution >= 0.6 is 22.9 Å². The summed E-state index contributed by atoms with van der Waals surface area (Å²) in [5.41, 5.74) is 3.65. The molecular formula is C15H17ClN4O2S. The molecule has 3 rings (SSSR count). The van der Waals surface area contributed by atoms with Gasteiger partial charge in [0.05, 0.1) is 16.1 Å². The van der Waals surface area contributed by atoms with Crippen LogP contribution in [0.2, 0.25) is 5.02 Å². The minimum absolute atomic E-state index is 0.0745. The van der Waals surface area contributed by atoms with Crippen LogP contribution in [0.25, 0.3) is 0 Å². The minimum Gasteiger partial charge on any atom is -0.365 e. The molecule has 2 aromatic rings. The maximum absolute atomic E-state index is 11.3. The molecule has 2 heterocycles. The zero-order chi connectivity index (χ0) is 16.2. The molecule has 1 fully saturated rings. The molecule has 0 saturated carbocycles. The van der Waals surface area contributed by atoms with Crippen LogP contribution in [-0.4, -0.2) is 41.0 Å². The van der Waals surface area contributed by atoms with Gasteiger partial charge in [-0.1, -0.05) is 11.6 Å². The number of hydrogen-bond acceptors (Lipinski definition) is 6. The number of nitro benzene ring substituents is 1. The van der Waals surface area contributed by atoms with Gasteiger partial charge in [0.15, 0.2) is 0 Å². The van der Waals surface area contributed by atoms with Gasteiger partial charge in [-0.15, -0.1) is 11.3 Å². The number of hydrogen-bond donors (Lipinski definition) is 0. The molecule has 0 spiro atoms. The van der Waals surface area contributed by atoms with Gasteiger partial charge >= 0.3 is 0 Å². The molecule has 23 heavy (non-hydrogen) atoms. The monoisotopic (exact) mass is 352 g/mol. The van der Waals surface area contributed by atoms with E-state index in [4.69, 9.17) is 11.6 Å². The first kappa shape index (κ1) is 16.2. The Morgan fingerprint density at radius 2 is 2.17 bits per heavy atom. The normalized spacial score (nSPS) is 16.3. The van der Waals surface area contributed by atoms with Crippen molar-refractivity contribution in [3.63, 3.8) is 0 Å².